The minimum Gasteiger partial charge on any atom is -0.494 e. The molecule has 5 heteroatoms. The third-order valence-corrected chi connectivity index (χ3v) is 3.64. The normalized spacial score (nSPS) is 10.6. The van der Waals surface area contributed by atoms with Crippen molar-refractivity contribution >= 4 is 5.69 Å². The number of oxazole rings is 1. The summed E-state index contributed by atoms with van der Waals surface area (Å²) in [6.45, 7) is 0. The molecule has 0 radical (unpaired) electrons. The van der Waals surface area contributed by atoms with Crippen molar-refractivity contribution in [3.63, 3.8) is 0 Å². The second kappa shape index (κ2) is 6.12. The molecule has 0 fully saturated rings. The third kappa shape index (κ3) is 2.90. The molecule has 0 spiro atoms. The Bertz CT molecular complexity index is 810. The molecule has 0 saturated carbocycles. The van der Waals surface area contributed by atoms with Crippen molar-refractivity contribution in [2.24, 2.45) is 0 Å². The maximum Gasteiger partial charge on any atom is 0.182 e. The van der Waals surface area contributed by atoms with Gasteiger partial charge in [-0.1, -0.05) is 0 Å². The average Bonchev–Trinajstić information content (AvgIpc) is 3.04. The van der Waals surface area contributed by atoms with Crippen LogP contribution in [0, 0.1) is 5.82 Å². The molecule has 23 heavy (non-hydrogen) atoms. The fourth-order valence-electron chi connectivity index (χ4n) is 2.38. The lowest BCUT2D eigenvalue weighted by atomic mass is 10.1. The Kier molecular flexibility index (Phi) is 4.02. The van der Waals surface area contributed by atoms with Gasteiger partial charge in [-0.05, 0) is 42.5 Å². The van der Waals surface area contributed by atoms with Gasteiger partial charge in [-0.25, -0.2) is 9.37 Å². The molecule has 0 atom stereocenters. The van der Waals surface area contributed by atoms with Crippen LogP contribution in [0.1, 0.15) is 0 Å². The van der Waals surface area contributed by atoms with Crippen LogP contribution >= 0.6 is 0 Å². The van der Waals surface area contributed by atoms with Crippen LogP contribution in [-0.4, -0.2) is 26.2 Å². The van der Waals surface area contributed by atoms with Crippen LogP contribution in [0.5, 0.6) is 5.75 Å². The van der Waals surface area contributed by atoms with E-state index in [1.54, 1.807) is 12.1 Å². The van der Waals surface area contributed by atoms with Crippen molar-refractivity contribution in [1.82, 2.24) is 4.98 Å². The summed E-state index contributed by atoms with van der Waals surface area (Å²) < 4.78 is 24.4. The number of halogens is 1. The van der Waals surface area contributed by atoms with Gasteiger partial charge in [-0.15, -0.1) is 0 Å². The van der Waals surface area contributed by atoms with Gasteiger partial charge in [0, 0.05) is 30.9 Å². The van der Waals surface area contributed by atoms with Crippen LogP contribution in [0.2, 0.25) is 0 Å². The van der Waals surface area contributed by atoms with Crippen LogP contribution < -0.4 is 9.64 Å². The van der Waals surface area contributed by atoms with E-state index in [1.165, 1.54) is 19.6 Å². The number of anilines is 1. The number of hydrogen-bond acceptors (Lipinski definition) is 4. The number of methoxy groups -OCH3 is 1. The highest BCUT2D eigenvalue weighted by Gasteiger charge is 2.15. The van der Waals surface area contributed by atoms with Gasteiger partial charge in [0.2, 0.25) is 0 Å². The third-order valence-electron chi connectivity index (χ3n) is 3.64. The zero-order chi connectivity index (χ0) is 16.4. The molecule has 0 saturated heterocycles. The SMILES string of the molecule is COc1ccc(-c2ncoc2-c2ccc(N(C)C)cc2)cc1F. The lowest BCUT2D eigenvalue weighted by molar-refractivity contribution is 0.386. The first-order chi connectivity index (χ1) is 11.1. The lowest BCUT2D eigenvalue weighted by Crippen LogP contribution is -2.07. The predicted octanol–water partition coefficient (Wildman–Crippen LogP) is 4.22. The Hall–Kier alpha value is -2.82. The second-order valence-electron chi connectivity index (χ2n) is 5.32. The highest BCUT2D eigenvalue weighted by atomic mass is 19.1. The van der Waals surface area contributed by atoms with Gasteiger partial charge in [0.05, 0.1) is 7.11 Å². The number of rotatable bonds is 4. The Balaban J connectivity index is 2.01. The Morgan fingerprint density at radius 1 is 1.04 bits per heavy atom. The van der Waals surface area contributed by atoms with Crippen molar-refractivity contribution in [3.8, 4) is 28.3 Å². The molecule has 0 aliphatic heterocycles. The second-order valence-corrected chi connectivity index (χ2v) is 5.32. The lowest BCUT2D eigenvalue weighted by Gasteiger charge is -2.12. The summed E-state index contributed by atoms with van der Waals surface area (Å²) in [6, 6.07) is 12.6. The molecule has 3 aromatic rings. The number of benzene rings is 2. The van der Waals surface area contributed by atoms with E-state index in [9.17, 15) is 4.39 Å². The van der Waals surface area contributed by atoms with E-state index in [-0.39, 0.29) is 5.75 Å². The summed E-state index contributed by atoms with van der Waals surface area (Å²) in [5.74, 6) is 0.385. The predicted molar refractivity (Wildman–Crippen MR) is 88.2 cm³/mol. The van der Waals surface area contributed by atoms with Crippen molar-refractivity contribution in [2.45, 2.75) is 0 Å². The maximum atomic E-state index is 13.9. The summed E-state index contributed by atoms with van der Waals surface area (Å²) in [4.78, 5) is 6.25. The number of aromatic nitrogens is 1. The molecular formula is C18H17FN2O2. The molecule has 0 aliphatic rings. The van der Waals surface area contributed by atoms with Gasteiger partial charge in [0.25, 0.3) is 0 Å². The summed E-state index contributed by atoms with van der Waals surface area (Å²) in [5.41, 5.74) is 3.22. The Morgan fingerprint density at radius 2 is 1.74 bits per heavy atom. The van der Waals surface area contributed by atoms with Crippen molar-refractivity contribution < 1.29 is 13.5 Å². The van der Waals surface area contributed by atoms with Crippen LogP contribution in [-0.2, 0) is 0 Å². The Morgan fingerprint density at radius 3 is 2.35 bits per heavy atom. The first kappa shape index (κ1) is 15.1. The molecule has 1 heterocycles. The summed E-state index contributed by atoms with van der Waals surface area (Å²) in [7, 11) is 5.40. The van der Waals surface area contributed by atoms with E-state index < -0.39 is 5.82 Å². The molecule has 4 nitrogen and oxygen atoms in total. The molecular weight excluding hydrogens is 295 g/mol. The van der Waals surface area contributed by atoms with Gasteiger partial charge < -0.3 is 14.1 Å². The number of nitrogens with zero attached hydrogens (tertiary/aromatic N) is 2. The van der Waals surface area contributed by atoms with E-state index >= 15 is 0 Å². The highest BCUT2D eigenvalue weighted by molar-refractivity contribution is 5.77. The van der Waals surface area contributed by atoms with Gasteiger partial charge in [-0.3, -0.25) is 0 Å². The molecule has 0 N–H and O–H groups in total. The van der Waals surface area contributed by atoms with E-state index in [0.29, 0.717) is 17.0 Å². The number of hydrogen-bond donors (Lipinski definition) is 0. The fraction of sp³-hybridized carbons (Fsp3) is 0.167. The zero-order valence-electron chi connectivity index (χ0n) is 13.2. The van der Waals surface area contributed by atoms with Gasteiger partial charge in [0.1, 0.15) is 5.69 Å². The van der Waals surface area contributed by atoms with E-state index in [0.717, 1.165) is 11.3 Å². The van der Waals surface area contributed by atoms with Gasteiger partial charge in [0.15, 0.2) is 23.7 Å². The van der Waals surface area contributed by atoms with E-state index in [4.69, 9.17) is 9.15 Å². The summed E-state index contributed by atoms with van der Waals surface area (Å²) >= 11 is 0. The van der Waals surface area contributed by atoms with Gasteiger partial charge >= 0.3 is 0 Å². The zero-order valence-corrected chi connectivity index (χ0v) is 13.2. The van der Waals surface area contributed by atoms with Crippen LogP contribution in [0.15, 0.2) is 53.3 Å². The topological polar surface area (TPSA) is 38.5 Å². The molecule has 2 aromatic carbocycles. The minimum absolute atomic E-state index is 0.203. The Labute approximate surface area is 134 Å². The number of ether oxygens (including phenoxy) is 1. The van der Waals surface area contributed by atoms with Crippen LogP contribution in [0.4, 0.5) is 10.1 Å². The molecule has 0 amide bonds. The maximum absolute atomic E-state index is 13.9. The first-order valence-electron chi connectivity index (χ1n) is 7.15. The van der Waals surface area contributed by atoms with Crippen LogP contribution in [0.3, 0.4) is 0 Å². The van der Waals surface area contributed by atoms with E-state index in [2.05, 4.69) is 4.98 Å². The van der Waals surface area contributed by atoms with Crippen molar-refractivity contribution in [1.29, 1.82) is 0 Å². The minimum atomic E-state index is -0.429. The molecule has 0 unspecified atom stereocenters. The smallest absolute Gasteiger partial charge is 0.182 e. The summed E-state index contributed by atoms with van der Waals surface area (Å²) in [5, 5.41) is 0. The largest absolute Gasteiger partial charge is 0.494 e. The fourth-order valence-corrected chi connectivity index (χ4v) is 2.38. The quantitative estimate of drug-likeness (QED) is 0.723. The molecule has 118 valence electrons. The molecule has 0 aliphatic carbocycles. The molecule has 0 bridgehead atoms. The average molecular weight is 312 g/mol. The monoisotopic (exact) mass is 312 g/mol. The van der Waals surface area contributed by atoms with Crippen molar-refractivity contribution in [3.05, 3.63) is 54.7 Å². The summed E-state index contributed by atoms with van der Waals surface area (Å²) in [6.07, 6.45) is 1.37. The van der Waals surface area contributed by atoms with Crippen molar-refractivity contribution in [2.75, 3.05) is 26.1 Å². The molecule has 1 aromatic heterocycles. The van der Waals surface area contributed by atoms with Crippen LogP contribution in [0.25, 0.3) is 22.6 Å². The first-order valence-corrected chi connectivity index (χ1v) is 7.15. The van der Waals surface area contributed by atoms with Gasteiger partial charge in [-0.2, -0.15) is 0 Å². The molecule has 3 rings (SSSR count). The van der Waals surface area contributed by atoms with E-state index in [1.807, 2.05) is 43.3 Å². The highest BCUT2D eigenvalue weighted by Crippen LogP contribution is 2.33. The standard InChI is InChI=1S/C18H17FN2O2/c1-21(2)14-7-4-12(5-8-14)18-17(20-11-23-18)13-6-9-16(22-3)15(19)10-13/h4-11H,1-3H3.